The molecule has 0 amide bonds. The number of pyridine rings is 1. The van der Waals surface area contributed by atoms with Crippen LogP contribution in [0.3, 0.4) is 0 Å². The van der Waals surface area contributed by atoms with Gasteiger partial charge in [0.05, 0.1) is 0 Å². The maximum atomic E-state index is 11.1. The van der Waals surface area contributed by atoms with E-state index in [1.807, 2.05) is 12.1 Å². The molecule has 1 rings (SSSR count). The maximum Gasteiger partial charge on any atom is 0.158 e. The third-order valence-electron chi connectivity index (χ3n) is 1.98. The average molecular weight is 193 g/mol. The fourth-order valence-corrected chi connectivity index (χ4v) is 1.27. The third-order valence-corrected chi connectivity index (χ3v) is 1.98. The van der Waals surface area contributed by atoms with Crippen LogP contribution in [0.4, 0.5) is 0 Å². The Morgan fingerprint density at radius 3 is 2.79 bits per heavy atom. The second-order valence-corrected chi connectivity index (χ2v) is 3.18. The van der Waals surface area contributed by atoms with Crippen molar-refractivity contribution in [2.24, 2.45) is 0 Å². The zero-order chi connectivity index (χ0) is 10.2. The highest BCUT2D eigenvalue weighted by Crippen LogP contribution is 2.03. The minimum atomic E-state index is 0.168. The number of rotatable bonds is 6. The highest BCUT2D eigenvalue weighted by molar-refractivity contribution is 5.79. The van der Waals surface area contributed by atoms with Crippen LogP contribution >= 0.6 is 0 Å². The molecule has 0 atom stereocenters. The fraction of sp³-hybridized carbons (Fsp3) is 0.455. The SMILES string of the molecule is COCC(=O)CCCc1ccncc1. The molecule has 0 fully saturated rings. The number of carbonyl (C=O) groups is 1. The zero-order valence-electron chi connectivity index (χ0n) is 8.40. The molecule has 0 aliphatic carbocycles. The van der Waals surface area contributed by atoms with Crippen LogP contribution in [-0.2, 0) is 16.0 Å². The van der Waals surface area contributed by atoms with Gasteiger partial charge in [0.1, 0.15) is 6.61 Å². The van der Waals surface area contributed by atoms with E-state index in [1.165, 1.54) is 5.56 Å². The van der Waals surface area contributed by atoms with Gasteiger partial charge in [-0.1, -0.05) is 0 Å². The molecule has 0 spiro atoms. The molecule has 0 unspecified atom stereocenters. The molecular weight excluding hydrogens is 178 g/mol. The minimum absolute atomic E-state index is 0.168. The number of carbonyl (C=O) groups excluding carboxylic acids is 1. The summed E-state index contributed by atoms with van der Waals surface area (Å²) in [5.41, 5.74) is 1.23. The summed E-state index contributed by atoms with van der Waals surface area (Å²) in [6, 6.07) is 3.95. The van der Waals surface area contributed by atoms with Gasteiger partial charge in [0.15, 0.2) is 5.78 Å². The monoisotopic (exact) mass is 193 g/mol. The summed E-state index contributed by atoms with van der Waals surface area (Å²) in [5, 5.41) is 0. The Hall–Kier alpha value is -1.22. The second-order valence-electron chi connectivity index (χ2n) is 3.18. The van der Waals surface area contributed by atoms with Crippen LogP contribution in [-0.4, -0.2) is 24.5 Å². The Bertz CT molecular complexity index is 272. The number of ketones is 1. The lowest BCUT2D eigenvalue weighted by atomic mass is 10.1. The lowest BCUT2D eigenvalue weighted by Gasteiger charge is -2.00. The molecule has 0 aromatic carbocycles. The van der Waals surface area contributed by atoms with E-state index in [0.29, 0.717) is 6.42 Å². The van der Waals surface area contributed by atoms with Crippen LogP contribution in [0.15, 0.2) is 24.5 Å². The molecule has 3 nitrogen and oxygen atoms in total. The normalized spacial score (nSPS) is 10.1. The Morgan fingerprint density at radius 1 is 1.43 bits per heavy atom. The van der Waals surface area contributed by atoms with Crippen molar-refractivity contribution in [2.75, 3.05) is 13.7 Å². The van der Waals surface area contributed by atoms with Gasteiger partial charge >= 0.3 is 0 Å². The van der Waals surface area contributed by atoms with Crippen molar-refractivity contribution < 1.29 is 9.53 Å². The summed E-state index contributed by atoms with van der Waals surface area (Å²) in [6.07, 6.45) is 5.94. The van der Waals surface area contributed by atoms with E-state index in [1.54, 1.807) is 19.5 Å². The van der Waals surface area contributed by atoms with Crippen molar-refractivity contribution in [3.8, 4) is 0 Å². The van der Waals surface area contributed by atoms with Gasteiger partial charge in [-0.05, 0) is 30.5 Å². The molecule has 14 heavy (non-hydrogen) atoms. The van der Waals surface area contributed by atoms with E-state index >= 15 is 0 Å². The Kier molecular flexibility index (Phi) is 4.86. The summed E-state index contributed by atoms with van der Waals surface area (Å²) < 4.78 is 4.75. The topological polar surface area (TPSA) is 39.2 Å². The predicted octanol–water partition coefficient (Wildman–Crippen LogP) is 1.62. The van der Waals surface area contributed by atoms with Gasteiger partial charge in [0.25, 0.3) is 0 Å². The molecule has 0 radical (unpaired) electrons. The number of Topliss-reactive ketones (excluding diaryl/α,β-unsaturated/α-hetero) is 1. The molecule has 0 bridgehead atoms. The first kappa shape index (κ1) is 10.9. The summed E-state index contributed by atoms with van der Waals surface area (Å²) in [6.45, 7) is 0.232. The van der Waals surface area contributed by atoms with Gasteiger partial charge in [0, 0.05) is 25.9 Å². The Balaban J connectivity index is 2.19. The summed E-state index contributed by atoms with van der Waals surface area (Å²) in [4.78, 5) is 15.0. The molecular formula is C11H15NO2. The van der Waals surface area contributed by atoms with Crippen LogP contribution in [0.25, 0.3) is 0 Å². The van der Waals surface area contributed by atoms with E-state index in [9.17, 15) is 4.79 Å². The number of aromatic nitrogens is 1. The van der Waals surface area contributed by atoms with Crippen molar-refractivity contribution in [3.05, 3.63) is 30.1 Å². The lowest BCUT2D eigenvalue weighted by Crippen LogP contribution is -2.06. The molecule has 0 saturated carbocycles. The Morgan fingerprint density at radius 2 is 2.14 bits per heavy atom. The number of aryl methyl sites for hydroxylation is 1. The standard InChI is InChI=1S/C11H15NO2/c1-14-9-11(13)4-2-3-10-5-7-12-8-6-10/h5-8H,2-4,9H2,1H3. The summed E-state index contributed by atoms with van der Waals surface area (Å²) in [7, 11) is 1.54. The second kappa shape index (κ2) is 6.27. The van der Waals surface area contributed by atoms with Crippen molar-refractivity contribution in [2.45, 2.75) is 19.3 Å². The van der Waals surface area contributed by atoms with Crippen molar-refractivity contribution in [3.63, 3.8) is 0 Å². The van der Waals surface area contributed by atoms with Gasteiger partial charge in [0.2, 0.25) is 0 Å². The van der Waals surface area contributed by atoms with Gasteiger partial charge in [-0.25, -0.2) is 0 Å². The van der Waals surface area contributed by atoms with Gasteiger partial charge < -0.3 is 4.74 Å². The molecule has 0 aliphatic rings. The van der Waals surface area contributed by atoms with E-state index in [2.05, 4.69) is 4.98 Å². The molecule has 1 heterocycles. The number of nitrogens with zero attached hydrogens (tertiary/aromatic N) is 1. The van der Waals surface area contributed by atoms with E-state index in [4.69, 9.17) is 4.74 Å². The average Bonchev–Trinajstić information content (AvgIpc) is 2.20. The van der Waals surface area contributed by atoms with Crippen molar-refractivity contribution in [1.29, 1.82) is 0 Å². The summed E-state index contributed by atoms with van der Waals surface area (Å²) in [5.74, 6) is 0.168. The van der Waals surface area contributed by atoms with Gasteiger partial charge in [-0.3, -0.25) is 9.78 Å². The first-order valence-corrected chi connectivity index (χ1v) is 4.72. The third kappa shape index (κ3) is 4.14. The predicted molar refractivity (Wildman–Crippen MR) is 54.1 cm³/mol. The number of hydrogen-bond donors (Lipinski definition) is 0. The van der Waals surface area contributed by atoms with E-state index < -0.39 is 0 Å². The highest BCUT2D eigenvalue weighted by atomic mass is 16.5. The Labute approximate surface area is 84.1 Å². The maximum absolute atomic E-state index is 11.1. The molecule has 0 aliphatic heterocycles. The van der Waals surface area contributed by atoms with Crippen LogP contribution in [0.2, 0.25) is 0 Å². The highest BCUT2D eigenvalue weighted by Gasteiger charge is 2.00. The lowest BCUT2D eigenvalue weighted by molar-refractivity contribution is -0.122. The van der Waals surface area contributed by atoms with E-state index in [-0.39, 0.29) is 12.4 Å². The minimum Gasteiger partial charge on any atom is -0.377 e. The van der Waals surface area contributed by atoms with Crippen LogP contribution in [0.1, 0.15) is 18.4 Å². The summed E-state index contributed by atoms with van der Waals surface area (Å²) >= 11 is 0. The molecule has 3 heteroatoms. The first-order valence-electron chi connectivity index (χ1n) is 4.72. The van der Waals surface area contributed by atoms with Gasteiger partial charge in [-0.2, -0.15) is 0 Å². The zero-order valence-corrected chi connectivity index (χ0v) is 8.40. The van der Waals surface area contributed by atoms with Crippen LogP contribution in [0, 0.1) is 0 Å². The molecule has 76 valence electrons. The van der Waals surface area contributed by atoms with E-state index in [0.717, 1.165) is 12.8 Å². The first-order chi connectivity index (χ1) is 6.83. The van der Waals surface area contributed by atoms with Crippen molar-refractivity contribution >= 4 is 5.78 Å². The smallest absolute Gasteiger partial charge is 0.158 e. The van der Waals surface area contributed by atoms with Crippen molar-refractivity contribution in [1.82, 2.24) is 4.98 Å². The fourth-order valence-electron chi connectivity index (χ4n) is 1.27. The molecule has 0 N–H and O–H groups in total. The van der Waals surface area contributed by atoms with Crippen LogP contribution in [0.5, 0.6) is 0 Å². The number of methoxy groups -OCH3 is 1. The van der Waals surface area contributed by atoms with Gasteiger partial charge in [-0.15, -0.1) is 0 Å². The quantitative estimate of drug-likeness (QED) is 0.689. The molecule has 0 saturated heterocycles. The number of ether oxygens (including phenoxy) is 1. The molecule has 1 aromatic heterocycles. The number of hydrogen-bond acceptors (Lipinski definition) is 3. The largest absolute Gasteiger partial charge is 0.377 e. The van der Waals surface area contributed by atoms with Crippen LogP contribution < -0.4 is 0 Å². The molecule has 1 aromatic rings.